The van der Waals surface area contributed by atoms with Gasteiger partial charge in [-0.3, -0.25) is 14.6 Å². The Hall–Kier alpha value is -1.49. The minimum absolute atomic E-state index is 0.0879. The molecule has 5 heteroatoms. The van der Waals surface area contributed by atoms with Crippen molar-refractivity contribution < 1.29 is 9.63 Å². The van der Waals surface area contributed by atoms with Crippen LogP contribution in [0.3, 0.4) is 0 Å². The summed E-state index contributed by atoms with van der Waals surface area (Å²) >= 11 is 0. The van der Waals surface area contributed by atoms with E-state index >= 15 is 0 Å². The van der Waals surface area contributed by atoms with E-state index in [-0.39, 0.29) is 12.0 Å². The fraction of sp³-hybridized carbons (Fsp3) is 0.583. The zero-order valence-electron chi connectivity index (χ0n) is 10.2. The van der Waals surface area contributed by atoms with E-state index in [1.54, 1.807) is 19.3 Å². The van der Waals surface area contributed by atoms with E-state index in [0.29, 0.717) is 12.2 Å². The minimum atomic E-state index is -0.0879. The van der Waals surface area contributed by atoms with E-state index in [0.717, 1.165) is 18.5 Å². The number of carbonyl (C=O) groups excluding carboxylic acids is 1. The van der Waals surface area contributed by atoms with Crippen molar-refractivity contribution in [1.82, 2.24) is 9.97 Å². The molecular weight excluding hydrogens is 218 g/mol. The minimum Gasteiger partial charge on any atom is -0.272 e. The van der Waals surface area contributed by atoms with Crippen molar-refractivity contribution in [2.75, 3.05) is 5.06 Å². The van der Waals surface area contributed by atoms with Gasteiger partial charge in [-0.25, -0.2) is 4.98 Å². The highest BCUT2D eigenvalue weighted by Crippen LogP contribution is 2.25. The van der Waals surface area contributed by atoms with Crippen LogP contribution in [0.15, 0.2) is 12.4 Å². The summed E-state index contributed by atoms with van der Waals surface area (Å²) in [5.41, 5.74) is 0.821. The van der Waals surface area contributed by atoms with Crippen LogP contribution < -0.4 is 5.06 Å². The van der Waals surface area contributed by atoms with Gasteiger partial charge in [-0.2, -0.15) is 5.06 Å². The molecule has 1 amide bonds. The molecule has 92 valence electrons. The molecule has 17 heavy (non-hydrogen) atoms. The second-order valence-corrected chi connectivity index (χ2v) is 4.22. The van der Waals surface area contributed by atoms with E-state index < -0.39 is 0 Å². The summed E-state index contributed by atoms with van der Waals surface area (Å²) < 4.78 is 0. The first kappa shape index (κ1) is 12.0. The number of carbonyl (C=O) groups is 1. The summed E-state index contributed by atoms with van der Waals surface area (Å²) in [4.78, 5) is 25.8. The number of aryl methyl sites for hydroxylation is 1. The van der Waals surface area contributed by atoms with Crippen LogP contribution in [0.1, 0.15) is 38.3 Å². The highest BCUT2D eigenvalue weighted by atomic mass is 16.7. The molecule has 0 radical (unpaired) electrons. The number of rotatable bonds is 4. The van der Waals surface area contributed by atoms with Gasteiger partial charge in [0, 0.05) is 6.42 Å². The Labute approximate surface area is 101 Å². The Morgan fingerprint density at radius 3 is 2.71 bits per heavy atom. The summed E-state index contributed by atoms with van der Waals surface area (Å²) in [5, 5.41) is 1.29. The fourth-order valence-electron chi connectivity index (χ4n) is 1.50. The zero-order chi connectivity index (χ0) is 12.3. The lowest BCUT2D eigenvalue weighted by Crippen LogP contribution is -2.38. The van der Waals surface area contributed by atoms with Gasteiger partial charge in [0.15, 0.2) is 5.82 Å². The van der Waals surface area contributed by atoms with Crippen molar-refractivity contribution in [3.05, 3.63) is 18.1 Å². The predicted octanol–water partition coefficient (Wildman–Crippen LogP) is 2.01. The summed E-state index contributed by atoms with van der Waals surface area (Å²) in [7, 11) is 0. The third-order valence-corrected chi connectivity index (χ3v) is 2.81. The first-order valence-corrected chi connectivity index (χ1v) is 5.99. The first-order chi connectivity index (χ1) is 8.20. The molecule has 1 aliphatic carbocycles. The van der Waals surface area contributed by atoms with Gasteiger partial charge in [-0.15, -0.1) is 0 Å². The summed E-state index contributed by atoms with van der Waals surface area (Å²) in [6, 6.07) is 0. The Morgan fingerprint density at radius 2 is 2.24 bits per heavy atom. The number of hydrogen-bond acceptors (Lipinski definition) is 4. The Morgan fingerprint density at radius 1 is 1.47 bits per heavy atom. The Balaban J connectivity index is 2.13. The summed E-state index contributed by atoms with van der Waals surface area (Å²) in [6.07, 6.45) is 6.92. The largest absolute Gasteiger partial charge is 0.272 e. The first-order valence-electron chi connectivity index (χ1n) is 5.99. The fourth-order valence-corrected chi connectivity index (χ4v) is 1.50. The van der Waals surface area contributed by atoms with E-state index in [9.17, 15) is 4.79 Å². The van der Waals surface area contributed by atoms with Crippen LogP contribution in [0.25, 0.3) is 0 Å². The number of anilines is 1. The molecule has 0 bridgehead atoms. The van der Waals surface area contributed by atoms with Gasteiger partial charge in [0.1, 0.15) is 0 Å². The second kappa shape index (κ2) is 5.23. The molecule has 1 aromatic heterocycles. The average Bonchev–Trinajstić information content (AvgIpc) is 2.29. The summed E-state index contributed by atoms with van der Waals surface area (Å²) in [6.45, 7) is 3.66. The molecule has 0 saturated heterocycles. The van der Waals surface area contributed by atoms with Crippen molar-refractivity contribution in [3.63, 3.8) is 0 Å². The third kappa shape index (κ3) is 2.79. The van der Waals surface area contributed by atoms with E-state index in [1.165, 1.54) is 11.5 Å². The number of hydrogen-bond donors (Lipinski definition) is 0. The van der Waals surface area contributed by atoms with Crippen molar-refractivity contribution in [2.24, 2.45) is 0 Å². The lowest BCUT2D eigenvalue weighted by molar-refractivity contribution is -0.130. The zero-order valence-corrected chi connectivity index (χ0v) is 10.2. The highest BCUT2D eigenvalue weighted by molar-refractivity contribution is 5.89. The van der Waals surface area contributed by atoms with Crippen molar-refractivity contribution in [3.8, 4) is 0 Å². The van der Waals surface area contributed by atoms with Crippen molar-refractivity contribution in [1.29, 1.82) is 0 Å². The van der Waals surface area contributed by atoms with Gasteiger partial charge in [0.05, 0.1) is 24.2 Å². The molecule has 1 heterocycles. The quantitative estimate of drug-likeness (QED) is 0.749. The number of nitrogens with zero attached hydrogens (tertiary/aromatic N) is 3. The molecule has 1 aliphatic rings. The van der Waals surface area contributed by atoms with Crippen molar-refractivity contribution >= 4 is 11.7 Å². The third-order valence-electron chi connectivity index (χ3n) is 2.81. The molecule has 0 N–H and O–H groups in total. The number of hydroxylamine groups is 1. The van der Waals surface area contributed by atoms with Gasteiger partial charge in [0.2, 0.25) is 0 Å². The number of amides is 1. The molecule has 0 unspecified atom stereocenters. The lowest BCUT2D eigenvalue weighted by Gasteiger charge is -2.30. The van der Waals surface area contributed by atoms with E-state index in [1.807, 2.05) is 6.92 Å². The van der Waals surface area contributed by atoms with Gasteiger partial charge in [-0.05, 0) is 26.2 Å². The smallest absolute Gasteiger partial charge is 0.252 e. The summed E-state index contributed by atoms with van der Waals surface area (Å²) in [5.74, 6) is 0.379. The molecule has 0 spiro atoms. The van der Waals surface area contributed by atoms with Crippen molar-refractivity contribution in [2.45, 2.75) is 45.6 Å². The average molecular weight is 235 g/mol. The molecule has 0 atom stereocenters. The highest BCUT2D eigenvalue weighted by Gasteiger charge is 2.26. The Kier molecular flexibility index (Phi) is 3.68. The van der Waals surface area contributed by atoms with Crippen LogP contribution >= 0.6 is 0 Å². The molecule has 1 aromatic rings. The number of aromatic nitrogens is 2. The maximum atomic E-state index is 11.8. The molecule has 5 nitrogen and oxygen atoms in total. The van der Waals surface area contributed by atoms with Crippen LogP contribution in [0, 0.1) is 6.92 Å². The molecule has 2 rings (SSSR count). The van der Waals surface area contributed by atoms with Crippen LogP contribution in [0.5, 0.6) is 0 Å². The monoisotopic (exact) mass is 235 g/mol. The molecule has 1 saturated carbocycles. The Bertz CT molecular complexity index is 387. The molecule has 1 fully saturated rings. The topological polar surface area (TPSA) is 55.3 Å². The van der Waals surface area contributed by atoms with Crippen LogP contribution in [-0.4, -0.2) is 22.0 Å². The van der Waals surface area contributed by atoms with Gasteiger partial charge in [-0.1, -0.05) is 6.92 Å². The van der Waals surface area contributed by atoms with Crippen LogP contribution in [-0.2, 0) is 9.63 Å². The normalized spacial score (nSPS) is 15.4. The van der Waals surface area contributed by atoms with Gasteiger partial charge < -0.3 is 0 Å². The second-order valence-electron chi connectivity index (χ2n) is 4.22. The van der Waals surface area contributed by atoms with E-state index in [2.05, 4.69) is 9.97 Å². The van der Waals surface area contributed by atoms with E-state index in [4.69, 9.17) is 4.84 Å². The maximum absolute atomic E-state index is 11.8. The lowest BCUT2D eigenvalue weighted by atomic mass is 9.97. The predicted molar refractivity (Wildman–Crippen MR) is 63.3 cm³/mol. The van der Waals surface area contributed by atoms with Crippen LogP contribution in [0.4, 0.5) is 5.82 Å². The molecule has 0 aromatic carbocycles. The van der Waals surface area contributed by atoms with Gasteiger partial charge >= 0.3 is 0 Å². The van der Waals surface area contributed by atoms with Gasteiger partial charge in [0.25, 0.3) is 5.91 Å². The molecule has 0 aliphatic heterocycles. The standard InChI is InChI=1S/C12H17N3O2/c1-3-12(16)15(17-10-5-4-6-10)11-8-13-9(2)7-14-11/h7-8,10H,3-6H2,1-2H3. The molecular formula is C12H17N3O2. The SMILES string of the molecule is CCC(=O)N(OC1CCC1)c1cnc(C)cn1. The maximum Gasteiger partial charge on any atom is 0.252 e. The van der Waals surface area contributed by atoms with Crippen LogP contribution in [0.2, 0.25) is 0 Å².